The molecule has 0 unspecified atom stereocenters. The van der Waals surface area contributed by atoms with Gasteiger partial charge in [-0.15, -0.1) is 0 Å². The number of aromatic nitrogens is 2. The van der Waals surface area contributed by atoms with Crippen LogP contribution in [0, 0.1) is 11.3 Å². The van der Waals surface area contributed by atoms with E-state index in [1.807, 2.05) is 48.5 Å². The molecule has 0 aliphatic heterocycles. The van der Waals surface area contributed by atoms with Gasteiger partial charge in [0.2, 0.25) is 5.95 Å². The molecule has 6 nitrogen and oxygen atoms in total. The van der Waals surface area contributed by atoms with E-state index in [2.05, 4.69) is 26.6 Å². The molecule has 0 aliphatic rings. The third-order valence-corrected chi connectivity index (χ3v) is 3.69. The van der Waals surface area contributed by atoms with Crippen molar-refractivity contribution in [2.45, 2.75) is 0 Å². The lowest BCUT2D eigenvalue weighted by Crippen LogP contribution is -1.91. The first-order valence-corrected chi connectivity index (χ1v) is 7.66. The third kappa shape index (κ3) is 2.99. The number of imidazole rings is 1. The van der Waals surface area contributed by atoms with E-state index in [0.29, 0.717) is 23.0 Å². The molecule has 2 aromatic carbocycles. The molecule has 4 rings (SSSR count). The molecule has 0 saturated carbocycles. The minimum absolute atomic E-state index is 0.555. The molecule has 0 radical (unpaired) electrons. The number of benzene rings is 2. The fourth-order valence-corrected chi connectivity index (χ4v) is 2.53. The highest BCUT2D eigenvalue weighted by molar-refractivity contribution is 5.80. The van der Waals surface area contributed by atoms with Crippen molar-refractivity contribution in [2.24, 2.45) is 5.10 Å². The summed E-state index contributed by atoms with van der Waals surface area (Å²) in [5, 5.41) is 13.3. The first kappa shape index (κ1) is 14.7. The SMILES string of the molecule is N#Cc1ccccc1-c1ccc(/C=N\Nc2nc3ccccc3[nH]2)o1. The van der Waals surface area contributed by atoms with Gasteiger partial charge in [-0.05, 0) is 36.4 Å². The van der Waals surface area contributed by atoms with Gasteiger partial charge in [0.1, 0.15) is 11.5 Å². The van der Waals surface area contributed by atoms with Crippen LogP contribution in [0.1, 0.15) is 11.3 Å². The Morgan fingerprint density at radius 2 is 1.92 bits per heavy atom. The summed E-state index contributed by atoms with van der Waals surface area (Å²) in [4.78, 5) is 7.50. The van der Waals surface area contributed by atoms with E-state index in [1.54, 1.807) is 18.3 Å². The number of fused-ring (bicyclic) bond motifs is 1. The lowest BCUT2D eigenvalue weighted by molar-refractivity contribution is 0.575. The van der Waals surface area contributed by atoms with Crippen LogP contribution in [-0.4, -0.2) is 16.2 Å². The van der Waals surface area contributed by atoms with Crippen LogP contribution in [0.3, 0.4) is 0 Å². The maximum Gasteiger partial charge on any atom is 0.222 e. The molecule has 0 fully saturated rings. The van der Waals surface area contributed by atoms with Gasteiger partial charge < -0.3 is 9.40 Å². The van der Waals surface area contributed by atoms with Crippen molar-refractivity contribution in [1.29, 1.82) is 5.26 Å². The first-order valence-electron chi connectivity index (χ1n) is 7.66. The second-order valence-corrected chi connectivity index (χ2v) is 5.33. The number of hydrogen-bond donors (Lipinski definition) is 2. The number of para-hydroxylation sites is 2. The summed E-state index contributed by atoms with van der Waals surface area (Å²) in [6, 6.07) is 20.8. The number of rotatable bonds is 4. The molecule has 25 heavy (non-hydrogen) atoms. The van der Waals surface area contributed by atoms with Crippen LogP contribution in [0.15, 0.2) is 70.2 Å². The monoisotopic (exact) mass is 327 g/mol. The molecule has 0 atom stereocenters. The molecule has 2 N–H and O–H groups in total. The molecule has 0 bridgehead atoms. The molecule has 0 spiro atoms. The van der Waals surface area contributed by atoms with E-state index in [-0.39, 0.29) is 0 Å². The van der Waals surface area contributed by atoms with Crippen LogP contribution in [0.25, 0.3) is 22.4 Å². The van der Waals surface area contributed by atoms with Gasteiger partial charge in [-0.3, -0.25) is 0 Å². The van der Waals surface area contributed by atoms with Gasteiger partial charge in [0.05, 0.1) is 28.9 Å². The number of nitrogens with zero attached hydrogens (tertiary/aromatic N) is 3. The van der Waals surface area contributed by atoms with Crippen LogP contribution < -0.4 is 5.43 Å². The molecule has 0 aliphatic carbocycles. The zero-order chi connectivity index (χ0) is 17.1. The summed E-state index contributed by atoms with van der Waals surface area (Å²) in [6.07, 6.45) is 1.56. The number of H-pyrrole nitrogens is 1. The van der Waals surface area contributed by atoms with Crippen molar-refractivity contribution in [3.8, 4) is 17.4 Å². The second-order valence-electron chi connectivity index (χ2n) is 5.33. The summed E-state index contributed by atoms with van der Waals surface area (Å²) < 4.78 is 5.74. The minimum Gasteiger partial charge on any atom is -0.455 e. The van der Waals surface area contributed by atoms with E-state index in [1.165, 1.54) is 0 Å². The normalized spacial score (nSPS) is 11.0. The van der Waals surface area contributed by atoms with Crippen molar-refractivity contribution in [3.63, 3.8) is 0 Å². The quantitative estimate of drug-likeness (QED) is 0.435. The van der Waals surface area contributed by atoms with Gasteiger partial charge >= 0.3 is 0 Å². The summed E-state index contributed by atoms with van der Waals surface area (Å²) in [5.41, 5.74) is 5.98. The molecular formula is C19H13N5O. The van der Waals surface area contributed by atoms with Gasteiger partial charge in [-0.2, -0.15) is 10.4 Å². The van der Waals surface area contributed by atoms with Crippen molar-refractivity contribution >= 4 is 23.2 Å². The lowest BCUT2D eigenvalue weighted by Gasteiger charge is -1.98. The molecule has 2 aromatic heterocycles. The summed E-state index contributed by atoms with van der Waals surface area (Å²) >= 11 is 0. The highest BCUT2D eigenvalue weighted by atomic mass is 16.3. The number of furan rings is 1. The Hall–Kier alpha value is -3.85. The highest BCUT2D eigenvalue weighted by Gasteiger charge is 2.08. The molecule has 120 valence electrons. The maximum atomic E-state index is 9.18. The van der Waals surface area contributed by atoms with Crippen molar-refractivity contribution in [3.05, 3.63) is 72.0 Å². The Morgan fingerprint density at radius 1 is 1.08 bits per heavy atom. The Labute approximate surface area is 143 Å². The summed E-state index contributed by atoms with van der Waals surface area (Å²) in [6.45, 7) is 0. The Kier molecular flexibility index (Phi) is 3.73. The van der Waals surface area contributed by atoms with Crippen LogP contribution in [0.5, 0.6) is 0 Å². The van der Waals surface area contributed by atoms with Gasteiger partial charge in [0.15, 0.2) is 0 Å². The van der Waals surface area contributed by atoms with Gasteiger partial charge in [0.25, 0.3) is 0 Å². The largest absolute Gasteiger partial charge is 0.455 e. The van der Waals surface area contributed by atoms with Crippen LogP contribution >= 0.6 is 0 Å². The highest BCUT2D eigenvalue weighted by Crippen LogP contribution is 2.24. The fourth-order valence-electron chi connectivity index (χ4n) is 2.53. The average Bonchev–Trinajstić information content (AvgIpc) is 3.28. The standard InChI is InChI=1S/C19H13N5O/c20-11-13-5-1-2-6-15(13)18-10-9-14(25-18)12-21-24-19-22-16-7-3-4-8-17(16)23-19/h1-10,12H,(H2,22,23,24)/b21-12-. The average molecular weight is 327 g/mol. The molecular weight excluding hydrogens is 314 g/mol. The molecule has 4 aromatic rings. The molecule has 6 heteroatoms. The summed E-state index contributed by atoms with van der Waals surface area (Å²) in [5.74, 6) is 1.76. The Bertz CT molecular complexity index is 1070. The smallest absolute Gasteiger partial charge is 0.222 e. The predicted molar refractivity (Wildman–Crippen MR) is 96.2 cm³/mol. The molecule has 0 saturated heterocycles. The third-order valence-electron chi connectivity index (χ3n) is 3.69. The van der Waals surface area contributed by atoms with E-state index < -0.39 is 0 Å². The van der Waals surface area contributed by atoms with Gasteiger partial charge in [0, 0.05) is 5.56 Å². The number of hydrogen-bond acceptors (Lipinski definition) is 5. The van der Waals surface area contributed by atoms with Crippen LogP contribution in [-0.2, 0) is 0 Å². The Balaban J connectivity index is 1.51. The number of anilines is 1. The minimum atomic E-state index is 0.555. The van der Waals surface area contributed by atoms with Crippen molar-refractivity contribution in [2.75, 3.05) is 5.43 Å². The van der Waals surface area contributed by atoms with E-state index in [4.69, 9.17) is 4.42 Å². The van der Waals surface area contributed by atoms with E-state index in [0.717, 1.165) is 16.6 Å². The maximum absolute atomic E-state index is 9.18. The predicted octanol–water partition coefficient (Wildman–Crippen LogP) is 4.14. The number of hydrazone groups is 1. The zero-order valence-electron chi connectivity index (χ0n) is 13.1. The molecule has 2 heterocycles. The number of nitrogens with one attached hydrogen (secondary N) is 2. The lowest BCUT2D eigenvalue weighted by atomic mass is 10.1. The molecule has 0 amide bonds. The van der Waals surface area contributed by atoms with E-state index in [9.17, 15) is 5.26 Å². The Morgan fingerprint density at radius 3 is 2.80 bits per heavy atom. The topological polar surface area (TPSA) is 90.0 Å². The number of aromatic amines is 1. The fraction of sp³-hybridized carbons (Fsp3) is 0. The van der Waals surface area contributed by atoms with Gasteiger partial charge in [-0.1, -0.05) is 24.3 Å². The zero-order valence-corrected chi connectivity index (χ0v) is 13.1. The number of nitriles is 1. The van der Waals surface area contributed by atoms with E-state index >= 15 is 0 Å². The summed E-state index contributed by atoms with van der Waals surface area (Å²) in [7, 11) is 0. The van der Waals surface area contributed by atoms with Gasteiger partial charge in [-0.25, -0.2) is 10.4 Å². The van der Waals surface area contributed by atoms with Crippen molar-refractivity contribution < 1.29 is 4.42 Å². The van der Waals surface area contributed by atoms with Crippen LogP contribution in [0.2, 0.25) is 0 Å². The first-order chi connectivity index (χ1) is 12.3. The van der Waals surface area contributed by atoms with Crippen LogP contribution in [0.4, 0.5) is 5.95 Å². The van der Waals surface area contributed by atoms with Crippen molar-refractivity contribution in [1.82, 2.24) is 9.97 Å². The second kappa shape index (κ2) is 6.34.